The summed E-state index contributed by atoms with van der Waals surface area (Å²) in [5.74, 6) is -0.947. The van der Waals surface area contributed by atoms with Crippen LogP contribution in [0.25, 0.3) is 0 Å². The van der Waals surface area contributed by atoms with Gasteiger partial charge in [0.2, 0.25) is 0 Å². The lowest BCUT2D eigenvalue weighted by molar-refractivity contribution is -0.225. The van der Waals surface area contributed by atoms with E-state index in [-0.39, 0.29) is 34.7 Å². The van der Waals surface area contributed by atoms with Crippen molar-refractivity contribution < 1.29 is 29.3 Å². The fourth-order valence-corrected chi connectivity index (χ4v) is 8.04. The molecular formula is C24H32O6. The molecule has 0 aromatic heterocycles. The first-order chi connectivity index (χ1) is 14.0. The molecule has 0 spiro atoms. The largest absolute Gasteiger partial charge is 0.393 e. The smallest absolute Gasteiger partial charge is 0.193 e. The third-order valence-electron chi connectivity index (χ3n) is 9.05. The van der Waals surface area contributed by atoms with Crippen molar-refractivity contribution in [3.63, 3.8) is 0 Å². The lowest BCUT2D eigenvalue weighted by Crippen LogP contribution is -2.63. The fourth-order valence-electron chi connectivity index (χ4n) is 8.04. The van der Waals surface area contributed by atoms with Crippen LogP contribution in [0.2, 0.25) is 0 Å². The Balaban J connectivity index is 1.59. The second-order valence-corrected chi connectivity index (χ2v) is 10.9. The zero-order chi connectivity index (χ0) is 21.7. The summed E-state index contributed by atoms with van der Waals surface area (Å²) < 4.78 is 12.6. The van der Waals surface area contributed by atoms with Gasteiger partial charge >= 0.3 is 0 Å². The van der Waals surface area contributed by atoms with E-state index >= 15 is 0 Å². The average molecular weight is 417 g/mol. The molecule has 0 bridgehead atoms. The second-order valence-electron chi connectivity index (χ2n) is 10.9. The third-order valence-corrected chi connectivity index (χ3v) is 9.05. The lowest BCUT2D eigenvalue weighted by atomic mass is 9.46. The minimum absolute atomic E-state index is 0.0167. The lowest BCUT2D eigenvalue weighted by Gasteiger charge is -2.59. The normalized spacial score (nSPS) is 50.9. The number of aliphatic hydroxyl groups excluding tert-OH is 2. The Bertz CT molecular complexity index is 873. The van der Waals surface area contributed by atoms with E-state index in [4.69, 9.17) is 9.47 Å². The van der Waals surface area contributed by atoms with Gasteiger partial charge in [-0.3, -0.25) is 9.59 Å². The van der Waals surface area contributed by atoms with Crippen LogP contribution in [-0.2, 0) is 19.1 Å². The molecule has 6 nitrogen and oxygen atoms in total. The van der Waals surface area contributed by atoms with Crippen molar-refractivity contribution in [3.8, 4) is 0 Å². The van der Waals surface area contributed by atoms with Gasteiger partial charge in [0, 0.05) is 16.7 Å². The molecule has 164 valence electrons. The number of hydrogen-bond donors (Lipinski definition) is 2. The number of rotatable bonds is 2. The number of carbonyl (C=O) groups excluding carboxylic acids is 2. The van der Waals surface area contributed by atoms with Gasteiger partial charge < -0.3 is 19.7 Å². The number of allylic oxidation sites excluding steroid dienone is 4. The van der Waals surface area contributed by atoms with E-state index in [1.807, 2.05) is 13.0 Å². The highest BCUT2D eigenvalue weighted by Gasteiger charge is 2.76. The summed E-state index contributed by atoms with van der Waals surface area (Å²) in [7, 11) is 0. The minimum Gasteiger partial charge on any atom is -0.393 e. The summed E-state index contributed by atoms with van der Waals surface area (Å²) in [4.78, 5) is 25.1. The Morgan fingerprint density at radius 3 is 2.70 bits per heavy atom. The van der Waals surface area contributed by atoms with Crippen molar-refractivity contribution in [1.82, 2.24) is 0 Å². The topological polar surface area (TPSA) is 93.1 Å². The van der Waals surface area contributed by atoms with E-state index in [2.05, 4.69) is 6.92 Å². The number of ether oxygens (including phenoxy) is 2. The van der Waals surface area contributed by atoms with E-state index in [9.17, 15) is 19.8 Å². The van der Waals surface area contributed by atoms with Crippen LogP contribution in [0.5, 0.6) is 0 Å². The maximum Gasteiger partial charge on any atom is 0.193 e. The number of fused-ring (bicyclic) bond motifs is 7. The average Bonchev–Trinajstić information content (AvgIpc) is 3.07. The molecule has 5 rings (SSSR count). The summed E-state index contributed by atoms with van der Waals surface area (Å²) in [6.45, 7) is 7.19. The zero-order valence-electron chi connectivity index (χ0n) is 18.2. The van der Waals surface area contributed by atoms with Crippen molar-refractivity contribution in [3.05, 3.63) is 23.8 Å². The van der Waals surface area contributed by atoms with E-state index in [0.29, 0.717) is 12.8 Å². The van der Waals surface area contributed by atoms with Crippen LogP contribution in [-0.4, -0.2) is 52.0 Å². The number of carbonyl (C=O) groups is 2. The van der Waals surface area contributed by atoms with Crippen molar-refractivity contribution in [2.24, 2.45) is 28.6 Å². The molecule has 8 atom stereocenters. The summed E-state index contributed by atoms with van der Waals surface area (Å²) >= 11 is 0. The SMILES string of the molecule is CC1(C)O[C@@H]2C[C@@H]3[C@H]4CCC5=CC(=O)C=C[C@]5(C)[C@@H]4[C@@H](O)C[C@]3(C)[C@@]2(C(=O)CO)O1. The summed E-state index contributed by atoms with van der Waals surface area (Å²) in [6, 6.07) is 0. The van der Waals surface area contributed by atoms with Gasteiger partial charge in [-0.15, -0.1) is 0 Å². The van der Waals surface area contributed by atoms with E-state index in [1.54, 1.807) is 26.0 Å². The van der Waals surface area contributed by atoms with Gasteiger partial charge in [-0.2, -0.15) is 0 Å². The predicted octanol–water partition coefficient (Wildman–Crippen LogP) is 2.33. The standard InChI is InChI=1S/C24H32O6/c1-21(2)29-19-10-16-15-6-5-13-9-14(26)7-8-22(13,3)20(15)17(27)11-23(16,4)24(19,30-21)18(28)12-25/h7-9,15-17,19-20,25,27H,5-6,10-12H2,1-4H3/t15-,16-,17+,19-,20+,22+,23+,24+/m1/s1. The summed E-state index contributed by atoms with van der Waals surface area (Å²) in [5.41, 5.74) is -1.12. The van der Waals surface area contributed by atoms with Gasteiger partial charge in [0.1, 0.15) is 6.61 Å². The first kappa shape index (κ1) is 20.6. The van der Waals surface area contributed by atoms with Crippen molar-refractivity contribution >= 4 is 11.6 Å². The van der Waals surface area contributed by atoms with Crippen LogP contribution >= 0.6 is 0 Å². The molecule has 3 saturated carbocycles. The van der Waals surface area contributed by atoms with E-state index < -0.39 is 35.6 Å². The molecule has 1 heterocycles. The number of ketones is 2. The highest BCUT2D eigenvalue weighted by Crippen LogP contribution is 2.70. The molecular weight excluding hydrogens is 384 g/mol. The van der Waals surface area contributed by atoms with Crippen LogP contribution in [0, 0.1) is 28.6 Å². The third kappa shape index (κ3) is 2.34. The van der Waals surface area contributed by atoms with Crippen molar-refractivity contribution in [2.75, 3.05) is 6.61 Å². The second kappa shape index (κ2) is 6.12. The molecule has 0 unspecified atom stereocenters. The Hall–Kier alpha value is -1.34. The molecule has 0 aromatic rings. The van der Waals surface area contributed by atoms with Gasteiger partial charge in [-0.25, -0.2) is 0 Å². The van der Waals surface area contributed by atoms with Gasteiger partial charge in [0.15, 0.2) is 23.0 Å². The molecule has 2 N–H and O–H groups in total. The maximum atomic E-state index is 13.2. The zero-order valence-corrected chi connectivity index (χ0v) is 18.2. The quantitative estimate of drug-likeness (QED) is 0.718. The Morgan fingerprint density at radius 2 is 2.00 bits per heavy atom. The molecule has 30 heavy (non-hydrogen) atoms. The van der Waals surface area contributed by atoms with E-state index in [1.165, 1.54) is 0 Å². The molecule has 1 saturated heterocycles. The fraction of sp³-hybridized carbons (Fsp3) is 0.750. The van der Waals surface area contributed by atoms with Gasteiger partial charge in [0.05, 0.1) is 12.2 Å². The molecule has 4 aliphatic carbocycles. The Morgan fingerprint density at radius 1 is 1.27 bits per heavy atom. The highest BCUT2D eigenvalue weighted by molar-refractivity contribution is 6.01. The number of Topliss-reactive ketones (excluding diaryl/α,β-unsaturated/α-hetero) is 1. The molecule has 0 aromatic carbocycles. The molecule has 0 amide bonds. The predicted molar refractivity (Wildman–Crippen MR) is 108 cm³/mol. The van der Waals surface area contributed by atoms with Gasteiger partial charge in [-0.1, -0.05) is 25.5 Å². The Kier molecular flexibility index (Phi) is 4.20. The molecule has 5 aliphatic rings. The molecule has 0 radical (unpaired) electrons. The molecule has 1 aliphatic heterocycles. The van der Waals surface area contributed by atoms with E-state index in [0.717, 1.165) is 18.4 Å². The maximum absolute atomic E-state index is 13.2. The monoisotopic (exact) mass is 416 g/mol. The molecule has 6 heteroatoms. The van der Waals surface area contributed by atoms with Crippen LogP contribution in [0.1, 0.15) is 53.4 Å². The number of aliphatic hydroxyl groups is 2. The first-order valence-electron chi connectivity index (χ1n) is 11.1. The van der Waals surface area contributed by atoms with Crippen molar-refractivity contribution in [1.29, 1.82) is 0 Å². The van der Waals surface area contributed by atoms with Crippen LogP contribution in [0.3, 0.4) is 0 Å². The van der Waals surface area contributed by atoms with Crippen molar-refractivity contribution in [2.45, 2.75) is 77.0 Å². The van der Waals surface area contributed by atoms with Crippen LogP contribution < -0.4 is 0 Å². The van der Waals surface area contributed by atoms with Gasteiger partial charge in [0.25, 0.3) is 0 Å². The summed E-state index contributed by atoms with van der Waals surface area (Å²) in [6.07, 6.45) is 7.04. The van der Waals surface area contributed by atoms with Crippen LogP contribution in [0.4, 0.5) is 0 Å². The summed E-state index contributed by atoms with van der Waals surface area (Å²) in [5, 5.41) is 21.3. The molecule has 4 fully saturated rings. The van der Waals surface area contributed by atoms with Gasteiger partial charge in [-0.05, 0) is 63.5 Å². The number of hydrogen-bond acceptors (Lipinski definition) is 6. The minimum atomic E-state index is -1.24. The Labute approximate surface area is 177 Å². The highest BCUT2D eigenvalue weighted by atomic mass is 16.8. The van der Waals surface area contributed by atoms with Crippen LogP contribution in [0.15, 0.2) is 23.8 Å². The first-order valence-corrected chi connectivity index (χ1v) is 11.1.